The molecule has 0 unspecified atom stereocenters. The molecule has 0 aliphatic rings. The lowest BCUT2D eigenvalue weighted by Gasteiger charge is -2.18. The average molecular weight is 195 g/mol. The number of rotatable bonds is 3. The van der Waals surface area contributed by atoms with Gasteiger partial charge in [-0.1, -0.05) is 40.0 Å². The van der Waals surface area contributed by atoms with Crippen molar-refractivity contribution in [2.75, 3.05) is 0 Å². The van der Waals surface area contributed by atoms with Crippen LogP contribution in [0.25, 0.3) is 0 Å². The van der Waals surface area contributed by atoms with Gasteiger partial charge in [0.2, 0.25) is 0 Å². The Morgan fingerprint density at radius 1 is 1.29 bits per heavy atom. The molecule has 0 saturated carbocycles. The Kier molecular flexibility index (Phi) is 4.87. The predicted octanol–water partition coefficient (Wildman–Crippen LogP) is 3.18. The van der Waals surface area contributed by atoms with Crippen LogP contribution >= 0.6 is 0 Å². The monoisotopic (exact) mass is 195 g/mol. The third kappa shape index (κ3) is 4.05. The molecule has 0 atom stereocenters. The highest BCUT2D eigenvalue weighted by molar-refractivity contribution is 5.86. The molecule has 78 valence electrons. The number of hydrogen-bond donors (Lipinski definition) is 1. The van der Waals surface area contributed by atoms with Gasteiger partial charge < -0.3 is 4.89 Å². The smallest absolute Gasteiger partial charge is 0.255 e. The summed E-state index contributed by atoms with van der Waals surface area (Å²) in [5.41, 5.74) is 0.918. The number of aliphatic imine (C=N–C) groups is 1. The summed E-state index contributed by atoms with van der Waals surface area (Å²) in [5.74, 6) is 0.0635. The van der Waals surface area contributed by atoms with Crippen LogP contribution in [0.5, 0.6) is 0 Å². The molecule has 0 radical (unpaired) electrons. The van der Waals surface area contributed by atoms with E-state index in [1.165, 1.54) is 6.08 Å². The van der Waals surface area contributed by atoms with Crippen molar-refractivity contribution in [3.05, 3.63) is 37.1 Å². The van der Waals surface area contributed by atoms with Crippen molar-refractivity contribution in [1.82, 2.24) is 0 Å². The van der Waals surface area contributed by atoms with Crippen molar-refractivity contribution in [3.8, 4) is 0 Å². The number of allylic oxidation sites excluding steroid dienone is 2. The number of nitrogens with zero attached hydrogens (tertiary/aromatic N) is 1. The van der Waals surface area contributed by atoms with Gasteiger partial charge in [-0.2, -0.15) is 0 Å². The Morgan fingerprint density at radius 2 is 1.86 bits per heavy atom. The summed E-state index contributed by atoms with van der Waals surface area (Å²) in [6.45, 7) is 13.3. The minimum absolute atomic E-state index is 0.0347. The van der Waals surface area contributed by atoms with Crippen LogP contribution < -0.4 is 0 Å². The summed E-state index contributed by atoms with van der Waals surface area (Å²) in [7, 11) is 0. The Labute approximate surface area is 85.1 Å². The first-order valence-electron chi connectivity index (χ1n) is 4.30. The van der Waals surface area contributed by atoms with E-state index in [9.17, 15) is 0 Å². The molecule has 0 amide bonds. The fourth-order valence-electron chi connectivity index (χ4n) is 0.799. The van der Waals surface area contributed by atoms with Gasteiger partial charge in [-0.25, -0.2) is 10.2 Å². The van der Waals surface area contributed by atoms with Gasteiger partial charge >= 0.3 is 0 Å². The van der Waals surface area contributed by atoms with Crippen LogP contribution in [-0.2, 0) is 4.89 Å². The van der Waals surface area contributed by atoms with Crippen LogP contribution in [0, 0.1) is 5.41 Å². The molecule has 0 rings (SSSR count). The van der Waals surface area contributed by atoms with Gasteiger partial charge in [0.25, 0.3) is 5.90 Å². The topological polar surface area (TPSA) is 41.8 Å². The molecular weight excluding hydrogens is 178 g/mol. The molecule has 3 nitrogen and oxygen atoms in total. The van der Waals surface area contributed by atoms with Gasteiger partial charge in [0.1, 0.15) is 0 Å². The molecule has 0 spiro atoms. The van der Waals surface area contributed by atoms with Gasteiger partial charge in [0, 0.05) is 6.20 Å². The molecule has 0 aromatic heterocycles. The summed E-state index contributed by atoms with van der Waals surface area (Å²) in [6, 6.07) is 0. The maximum absolute atomic E-state index is 8.36. The highest BCUT2D eigenvalue weighted by Crippen LogP contribution is 2.25. The van der Waals surface area contributed by atoms with E-state index in [0.29, 0.717) is 0 Å². The minimum Gasteiger partial charge on any atom is -0.320 e. The zero-order chi connectivity index (χ0) is 11.2. The van der Waals surface area contributed by atoms with E-state index in [1.807, 2.05) is 20.8 Å². The second-order valence-corrected chi connectivity index (χ2v) is 3.80. The molecule has 0 aliphatic carbocycles. The lowest BCUT2D eigenvalue weighted by Crippen LogP contribution is -2.07. The summed E-state index contributed by atoms with van der Waals surface area (Å²) in [6.07, 6.45) is 4.64. The fraction of sp³-hybridized carbons (Fsp3) is 0.364. The first kappa shape index (κ1) is 12.7. The Morgan fingerprint density at radius 3 is 2.14 bits per heavy atom. The van der Waals surface area contributed by atoms with E-state index in [-0.39, 0.29) is 11.3 Å². The molecule has 0 saturated heterocycles. The van der Waals surface area contributed by atoms with E-state index < -0.39 is 0 Å². The van der Waals surface area contributed by atoms with Crippen molar-refractivity contribution < 1.29 is 10.1 Å². The second-order valence-electron chi connectivity index (χ2n) is 3.80. The molecule has 0 aromatic rings. The van der Waals surface area contributed by atoms with E-state index in [1.54, 1.807) is 12.3 Å². The van der Waals surface area contributed by atoms with Crippen molar-refractivity contribution in [3.63, 3.8) is 0 Å². The summed E-state index contributed by atoms with van der Waals surface area (Å²) in [4.78, 5) is 7.85. The maximum Gasteiger partial charge on any atom is 0.255 e. The predicted molar refractivity (Wildman–Crippen MR) is 59.1 cm³/mol. The third-order valence-electron chi connectivity index (χ3n) is 1.68. The number of hydrogen-bond acceptors (Lipinski definition) is 3. The van der Waals surface area contributed by atoms with Crippen LogP contribution in [-0.4, -0.2) is 11.2 Å². The fourth-order valence-corrected chi connectivity index (χ4v) is 0.799. The Balaban J connectivity index is 4.87. The molecule has 0 bridgehead atoms. The van der Waals surface area contributed by atoms with Crippen molar-refractivity contribution in [2.45, 2.75) is 20.8 Å². The van der Waals surface area contributed by atoms with Gasteiger partial charge in [-0.05, 0) is 17.1 Å². The molecular formula is C11H17NO2. The van der Waals surface area contributed by atoms with E-state index >= 15 is 0 Å². The van der Waals surface area contributed by atoms with Gasteiger partial charge in [0.15, 0.2) is 0 Å². The molecule has 14 heavy (non-hydrogen) atoms. The Bertz CT molecular complexity index is 270. The summed E-state index contributed by atoms with van der Waals surface area (Å²) in [5, 5.41) is 8.36. The van der Waals surface area contributed by atoms with E-state index in [4.69, 9.17) is 5.26 Å². The lowest BCUT2D eigenvalue weighted by atomic mass is 9.87. The highest BCUT2D eigenvalue weighted by Gasteiger charge is 2.13. The molecule has 0 fully saturated rings. The van der Waals surface area contributed by atoms with Crippen LogP contribution in [0.1, 0.15) is 20.8 Å². The summed E-state index contributed by atoms with van der Waals surface area (Å²) >= 11 is 0. The first-order valence-corrected chi connectivity index (χ1v) is 4.30. The molecule has 0 aliphatic heterocycles. The van der Waals surface area contributed by atoms with Crippen LogP contribution in [0.4, 0.5) is 0 Å². The molecule has 3 heteroatoms. The van der Waals surface area contributed by atoms with Gasteiger partial charge in [0.05, 0.1) is 0 Å². The molecule has 0 aromatic carbocycles. The van der Waals surface area contributed by atoms with E-state index in [0.717, 1.165) is 5.57 Å². The quantitative estimate of drug-likeness (QED) is 0.247. The summed E-state index contributed by atoms with van der Waals surface area (Å²) < 4.78 is 0. The van der Waals surface area contributed by atoms with Gasteiger partial charge in [-0.3, -0.25) is 0 Å². The molecule has 0 heterocycles. The third-order valence-corrected chi connectivity index (χ3v) is 1.68. The average Bonchev–Trinajstić information content (AvgIpc) is 2.10. The zero-order valence-electron chi connectivity index (χ0n) is 8.95. The standard InChI is InChI=1S/C11H17NO2/c1-6-9(11(3,4)5)8-12-10(7-2)14-13/h6-8,13H,1-2H2,3-5H3/b9-8+,12-10?. The van der Waals surface area contributed by atoms with Crippen molar-refractivity contribution in [1.29, 1.82) is 0 Å². The van der Waals surface area contributed by atoms with E-state index in [2.05, 4.69) is 23.0 Å². The normalized spacial score (nSPS) is 13.7. The molecule has 1 N–H and O–H groups in total. The SMILES string of the molecule is C=CC(=N/C=C(\C=C)C(C)(C)C)OO. The largest absolute Gasteiger partial charge is 0.320 e. The Hall–Kier alpha value is -1.35. The van der Waals surface area contributed by atoms with Crippen molar-refractivity contribution >= 4 is 5.90 Å². The zero-order valence-corrected chi connectivity index (χ0v) is 8.95. The lowest BCUT2D eigenvalue weighted by molar-refractivity contribution is -0.153. The van der Waals surface area contributed by atoms with Crippen molar-refractivity contribution in [2.24, 2.45) is 10.4 Å². The van der Waals surface area contributed by atoms with Gasteiger partial charge in [-0.15, -0.1) is 0 Å². The first-order chi connectivity index (χ1) is 6.45. The second kappa shape index (κ2) is 5.40. The highest BCUT2D eigenvalue weighted by atomic mass is 17.1. The van der Waals surface area contributed by atoms with Crippen LogP contribution in [0.3, 0.4) is 0 Å². The van der Waals surface area contributed by atoms with Crippen LogP contribution in [0.15, 0.2) is 42.1 Å². The minimum atomic E-state index is -0.0347. The van der Waals surface area contributed by atoms with Crippen LogP contribution in [0.2, 0.25) is 0 Å². The maximum atomic E-state index is 8.36.